The van der Waals surface area contributed by atoms with Gasteiger partial charge in [-0.3, -0.25) is 14.8 Å². The second kappa shape index (κ2) is 6.68. The fourth-order valence-corrected chi connectivity index (χ4v) is 2.98. The first-order chi connectivity index (χ1) is 12.6. The number of furan rings is 1. The molecule has 0 aliphatic rings. The molecular formula is C18H16ClN5O2. The molecule has 132 valence electrons. The standard InChI is InChI=1S/C18H16ClN5O2/c1-2-24-15-6-4-3-5-14(15)21-18(24)22-17(25)16-8-7-13(26-16)11-23-10-12(19)9-20-23/h3-10H,2,11H2,1H3,(H,21,22,25). The summed E-state index contributed by atoms with van der Waals surface area (Å²) in [7, 11) is 0. The normalized spacial score (nSPS) is 11.2. The maximum Gasteiger partial charge on any atom is 0.293 e. The maximum absolute atomic E-state index is 12.5. The van der Waals surface area contributed by atoms with Crippen molar-refractivity contribution in [1.29, 1.82) is 0 Å². The Kier molecular flexibility index (Phi) is 4.22. The van der Waals surface area contributed by atoms with Gasteiger partial charge in [0.25, 0.3) is 5.91 Å². The van der Waals surface area contributed by atoms with Crippen LogP contribution in [0.1, 0.15) is 23.2 Å². The third-order valence-corrected chi connectivity index (χ3v) is 4.20. The lowest BCUT2D eigenvalue weighted by atomic mass is 10.3. The number of hydrogen-bond acceptors (Lipinski definition) is 4. The summed E-state index contributed by atoms with van der Waals surface area (Å²) in [5.74, 6) is 0.974. The number of para-hydroxylation sites is 2. The average molecular weight is 370 g/mol. The van der Waals surface area contributed by atoms with E-state index in [1.807, 2.05) is 35.8 Å². The van der Waals surface area contributed by atoms with Crippen LogP contribution in [-0.2, 0) is 13.1 Å². The van der Waals surface area contributed by atoms with Crippen molar-refractivity contribution < 1.29 is 9.21 Å². The molecule has 26 heavy (non-hydrogen) atoms. The number of halogens is 1. The Morgan fingerprint density at radius 1 is 1.27 bits per heavy atom. The zero-order valence-electron chi connectivity index (χ0n) is 14.0. The van der Waals surface area contributed by atoms with E-state index in [1.54, 1.807) is 29.2 Å². The number of benzene rings is 1. The summed E-state index contributed by atoms with van der Waals surface area (Å²) in [6, 6.07) is 11.1. The van der Waals surface area contributed by atoms with Crippen LogP contribution in [0.25, 0.3) is 11.0 Å². The summed E-state index contributed by atoms with van der Waals surface area (Å²) in [4.78, 5) is 17.0. The van der Waals surface area contributed by atoms with Gasteiger partial charge in [-0.2, -0.15) is 5.10 Å². The first kappa shape index (κ1) is 16.4. The van der Waals surface area contributed by atoms with Gasteiger partial charge in [0.2, 0.25) is 5.95 Å². The highest BCUT2D eigenvalue weighted by Gasteiger charge is 2.16. The molecule has 3 aromatic heterocycles. The molecule has 4 rings (SSSR count). The number of rotatable bonds is 5. The molecule has 1 aromatic carbocycles. The predicted molar refractivity (Wildman–Crippen MR) is 98.4 cm³/mol. The number of anilines is 1. The minimum Gasteiger partial charge on any atom is -0.454 e. The Labute approximate surface area is 154 Å². The van der Waals surface area contributed by atoms with Gasteiger partial charge in [0.05, 0.1) is 28.8 Å². The van der Waals surface area contributed by atoms with Gasteiger partial charge in [-0.05, 0) is 31.2 Å². The third-order valence-electron chi connectivity index (χ3n) is 4.00. The number of amides is 1. The van der Waals surface area contributed by atoms with Crippen LogP contribution in [-0.4, -0.2) is 25.2 Å². The van der Waals surface area contributed by atoms with Crippen LogP contribution in [0.5, 0.6) is 0 Å². The molecule has 0 saturated carbocycles. The van der Waals surface area contributed by atoms with Gasteiger partial charge in [-0.1, -0.05) is 23.7 Å². The first-order valence-corrected chi connectivity index (χ1v) is 8.55. The quantitative estimate of drug-likeness (QED) is 0.580. The fourth-order valence-electron chi connectivity index (χ4n) is 2.82. The molecule has 4 aromatic rings. The zero-order valence-corrected chi connectivity index (χ0v) is 14.8. The largest absolute Gasteiger partial charge is 0.454 e. The average Bonchev–Trinajstić information content (AvgIpc) is 3.33. The number of aryl methyl sites for hydroxylation is 1. The smallest absolute Gasteiger partial charge is 0.293 e. The van der Waals surface area contributed by atoms with Crippen LogP contribution in [0.4, 0.5) is 5.95 Å². The van der Waals surface area contributed by atoms with Gasteiger partial charge < -0.3 is 8.98 Å². The van der Waals surface area contributed by atoms with Crippen LogP contribution >= 0.6 is 11.6 Å². The van der Waals surface area contributed by atoms with Crippen molar-refractivity contribution >= 4 is 34.5 Å². The second-order valence-electron chi connectivity index (χ2n) is 5.74. The highest BCUT2D eigenvalue weighted by atomic mass is 35.5. The highest BCUT2D eigenvalue weighted by Crippen LogP contribution is 2.20. The van der Waals surface area contributed by atoms with E-state index < -0.39 is 0 Å². The molecule has 1 N–H and O–H groups in total. The highest BCUT2D eigenvalue weighted by molar-refractivity contribution is 6.30. The van der Waals surface area contributed by atoms with E-state index >= 15 is 0 Å². The lowest BCUT2D eigenvalue weighted by Crippen LogP contribution is -2.15. The van der Waals surface area contributed by atoms with Crippen molar-refractivity contribution in [2.24, 2.45) is 0 Å². The molecular weight excluding hydrogens is 354 g/mol. The van der Waals surface area contributed by atoms with Gasteiger partial charge in [-0.15, -0.1) is 0 Å². The fraction of sp³-hybridized carbons (Fsp3) is 0.167. The van der Waals surface area contributed by atoms with Crippen molar-refractivity contribution in [3.8, 4) is 0 Å². The maximum atomic E-state index is 12.5. The van der Waals surface area contributed by atoms with Crippen molar-refractivity contribution in [2.75, 3.05) is 5.32 Å². The van der Waals surface area contributed by atoms with Gasteiger partial charge >= 0.3 is 0 Å². The molecule has 7 nitrogen and oxygen atoms in total. The molecule has 0 aliphatic carbocycles. The number of carbonyl (C=O) groups is 1. The van der Waals surface area contributed by atoms with E-state index in [-0.39, 0.29) is 11.7 Å². The minimum absolute atomic E-state index is 0.216. The Hall–Kier alpha value is -3.06. The first-order valence-electron chi connectivity index (χ1n) is 8.17. The topological polar surface area (TPSA) is 77.9 Å². The lowest BCUT2D eigenvalue weighted by molar-refractivity contribution is 0.0993. The molecule has 0 aliphatic heterocycles. The van der Waals surface area contributed by atoms with Crippen LogP contribution in [0.3, 0.4) is 0 Å². The van der Waals surface area contributed by atoms with Crippen molar-refractivity contribution in [2.45, 2.75) is 20.0 Å². The summed E-state index contributed by atoms with van der Waals surface area (Å²) < 4.78 is 9.21. The molecule has 0 saturated heterocycles. The second-order valence-corrected chi connectivity index (χ2v) is 6.18. The molecule has 0 bridgehead atoms. The van der Waals surface area contributed by atoms with E-state index in [0.29, 0.717) is 29.8 Å². The predicted octanol–water partition coefficient (Wildman–Crippen LogP) is 3.80. The molecule has 0 radical (unpaired) electrons. The van der Waals surface area contributed by atoms with Crippen LogP contribution in [0.2, 0.25) is 5.02 Å². The van der Waals surface area contributed by atoms with Crippen molar-refractivity contribution in [3.05, 3.63) is 65.3 Å². The summed E-state index contributed by atoms with van der Waals surface area (Å²) in [5, 5.41) is 7.46. The zero-order chi connectivity index (χ0) is 18.1. The molecule has 0 fully saturated rings. The van der Waals surface area contributed by atoms with E-state index in [9.17, 15) is 4.79 Å². The SMILES string of the molecule is CCn1c(NC(=O)c2ccc(Cn3cc(Cl)cn3)o2)nc2ccccc21. The summed E-state index contributed by atoms with van der Waals surface area (Å²) >= 11 is 5.85. The molecule has 0 spiro atoms. The van der Waals surface area contributed by atoms with Crippen LogP contribution in [0, 0.1) is 0 Å². The Balaban J connectivity index is 1.54. The van der Waals surface area contributed by atoms with Gasteiger partial charge in [0, 0.05) is 12.7 Å². The minimum atomic E-state index is -0.347. The van der Waals surface area contributed by atoms with Crippen molar-refractivity contribution in [1.82, 2.24) is 19.3 Å². The molecule has 0 atom stereocenters. The summed E-state index contributed by atoms with van der Waals surface area (Å²) in [6.07, 6.45) is 3.24. The summed E-state index contributed by atoms with van der Waals surface area (Å²) in [5.41, 5.74) is 1.81. The Morgan fingerprint density at radius 3 is 2.88 bits per heavy atom. The number of imidazole rings is 1. The van der Waals surface area contributed by atoms with Crippen molar-refractivity contribution in [3.63, 3.8) is 0 Å². The van der Waals surface area contributed by atoms with Crippen LogP contribution in [0.15, 0.2) is 53.2 Å². The lowest BCUT2D eigenvalue weighted by Gasteiger charge is -2.06. The Bertz CT molecular complexity index is 1080. The number of nitrogens with one attached hydrogen (secondary N) is 1. The van der Waals surface area contributed by atoms with Gasteiger partial charge in [0.15, 0.2) is 5.76 Å². The third kappa shape index (κ3) is 3.09. The Morgan fingerprint density at radius 2 is 2.12 bits per heavy atom. The van der Waals surface area contributed by atoms with Gasteiger partial charge in [0.1, 0.15) is 5.76 Å². The molecule has 1 amide bonds. The van der Waals surface area contributed by atoms with E-state index in [1.165, 1.54) is 0 Å². The number of nitrogens with zero attached hydrogens (tertiary/aromatic N) is 4. The van der Waals surface area contributed by atoms with E-state index in [0.717, 1.165) is 11.0 Å². The number of aromatic nitrogens is 4. The van der Waals surface area contributed by atoms with Crippen LogP contribution < -0.4 is 5.32 Å². The van der Waals surface area contributed by atoms with Gasteiger partial charge in [-0.25, -0.2) is 4.98 Å². The molecule has 0 unspecified atom stereocenters. The summed E-state index contributed by atoms with van der Waals surface area (Å²) in [6.45, 7) is 3.09. The molecule has 3 heterocycles. The number of fused-ring (bicyclic) bond motifs is 1. The number of hydrogen-bond donors (Lipinski definition) is 1. The van der Waals surface area contributed by atoms with E-state index in [2.05, 4.69) is 15.4 Å². The monoisotopic (exact) mass is 369 g/mol. The van der Waals surface area contributed by atoms with E-state index in [4.69, 9.17) is 16.0 Å². The number of carbonyl (C=O) groups excluding carboxylic acids is 1. The molecule has 8 heteroatoms.